The fourth-order valence-corrected chi connectivity index (χ4v) is 5.83. The van der Waals surface area contributed by atoms with Gasteiger partial charge in [0.25, 0.3) is 0 Å². The third-order valence-electron chi connectivity index (χ3n) is 7.85. The summed E-state index contributed by atoms with van der Waals surface area (Å²) in [6, 6.07) is 41.7. The lowest BCUT2D eigenvalue weighted by molar-refractivity contribution is 1.20. The normalized spacial score (nSPS) is 11.2. The smallest absolute Gasteiger partial charge is 0.0373 e. The number of rotatable bonds is 4. The van der Waals surface area contributed by atoms with Crippen LogP contribution in [-0.2, 0) is 0 Å². The molecule has 0 amide bonds. The summed E-state index contributed by atoms with van der Waals surface area (Å²) >= 11 is 0. The first-order valence-electron chi connectivity index (χ1n) is 13.7. The van der Waals surface area contributed by atoms with E-state index in [1.807, 2.05) is 25.5 Å². The van der Waals surface area contributed by atoms with Crippen molar-refractivity contribution in [1.29, 1.82) is 0 Å². The number of fused-ring (bicyclic) bond motifs is 2. The molecule has 2 heterocycles. The maximum absolute atomic E-state index is 4.53. The maximum atomic E-state index is 4.53. The first-order chi connectivity index (χ1) is 19.7. The van der Waals surface area contributed by atoms with Gasteiger partial charge in [0.2, 0.25) is 0 Å². The van der Waals surface area contributed by atoms with E-state index >= 15 is 0 Å². The minimum absolute atomic E-state index is 1.02. The number of benzene rings is 5. The van der Waals surface area contributed by atoms with Gasteiger partial charge in [-0.1, -0.05) is 97.1 Å². The van der Waals surface area contributed by atoms with Gasteiger partial charge < -0.3 is 0 Å². The minimum atomic E-state index is 1.02. The molecule has 0 saturated heterocycles. The summed E-state index contributed by atoms with van der Waals surface area (Å²) in [5.74, 6) is 0. The second kappa shape index (κ2) is 9.91. The Morgan fingerprint density at radius 2 is 1.02 bits per heavy atom. The van der Waals surface area contributed by atoms with Crippen molar-refractivity contribution in [2.75, 3.05) is 0 Å². The van der Waals surface area contributed by atoms with E-state index in [1.54, 1.807) is 0 Å². The van der Waals surface area contributed by atoms with Crippen LogP contribution in [-0.4, -0.2) is 9.97 Å². The zero-order chi connectivity index (χ0) is 27.1. The van der Waals surface area contributed by atoms with Gasteiger partial charge in [-0.3, -0.25) is 9.97 Å². The van der Waals surface area contributed by atoms with E-state index in [0.717, 1.165) is 11.3 Å². The van der Waals surface area contributed by atoms with E-state index in [2.05, 4.69) is 132 Å². The Labute approximate surface area is 234 Å². The average molecular weight is 513 g/mol. The van der Waals surface area contributed by atoms with Crippen molar-refractivity contribution in [3.05, 3.63) is 145 Å². The molecule has 0 fully saturated rings. The SMILES string of the molecule is Cc1ccc(-c2cccc(-c3c4ccccc4c(-c4ccc(-c5cnccc5C)cc4)c4ccccc34)c2)cn1. The predicted molar refractivity (Wildman–Crippen MR) is 168 cm³/mol. The summed E-state index contributed by atoms with van der Waals surface area (Å²) in [5.41, 5.74) is 11.9. The number of hydrogen-bond donors (Lipinski definition) is 0. The zero-order valence-corrected chi connectivity index (χ0v) is 22.6. The lowest BCUT2D eigenvalue weighted by atomic mass is 9.85. The van der Waals surface area contributed by atoms with Crippen molar-refractivity contribution in [2.45, 2.75) is 13.8 Å². The summed E-state index contributed by atoms with van der Waals surface area (Å²) in [6.45, 7) is 4.16. The van der Waals surface area contributed by atoms with E-state index in [1.165, 1.54) is 66.1 Å². The van der Waals surface area contributed by atoms with Gasteiger partial charge in [-0.2, -0.15) is 0 Å². The van der Waals surface area contributed by atoms with Gasteiger partial charge in [-0.25, -0.2) is 0 Å². The molecule has 0 aliphatic rings. The Balaban J connectivity index is 1.45. The van der Waals surface area contributed by atoms with Crippen molar-refractivity contribution >= 4 is 21.5 Å². The van der Waals surface area contributed by atoms with Crippen LogP contribution in [0, 0.1) is 13.8 Å². The third-order valence-corrected chi connectivity index (χ3v) is 7.85. The lowest BCUT2D eigenvalue weighted by Gasteiger charge is -2.18. The van der Waals surface area contributed by atoms with Crippen LogP contribution in [0.5, 0.6) is 0 Å². The van der Waals surface area contributed by atoms with Crippen LogP contribution in [0.2, 0.25) is 0 Å². The van der Waals surface area contributed by atoms with Crippen molar-refractivity contribution in [3.8, 4) is 44.5 Å². The molecular weight excluding hydrogens is 484 g/mol. The van der Waals surface area contributed by atoms with Crippen LogP contribution >= 0.6 is 0 Å². The van der Waals surface area contributed by atoms with E-state index in [4.69, 9.17) is 0 Å². The molecule has 7 aromatic rings. The largest absolute Gasteiger partial charge is 0.264 e. The first-order valence-corrected chi connectivity index (χ1v) is 13.7. The molecule has 0 N–H and O–H groups in total. The Hall–Kier alpha value is -5.08. The van der Waals surface area contributed by atoms with Gasteiger partial charge in [-0.05, 0) is 92.5 Å². The number of hydrogen-bond acceptors (Lipinski definition) is 2. The molecule has 190 valence electrons. The van der Waals surface area contributed by atoms with Crippen LogP contribution in [0.15, 0.2) is 134 Å². The summed E-state index contributed by atoms with van der Waals surface area (Å²) in [7, 11) is 0. The molecule has 0 aliphatic heterocycles. The van der Waals surface area contributed by atoms with E-state index in [0.29, 0.717) is 0 Å². The molecule has 0 spiro atoms. The van der Waals surface area contributed by atoms with E-state index in [9.17, 15) is 0 Å². The third kappa shape index (κ3) is 4.15. The summed E-state index contributed by atoms with van der Waals surface area (Å²) in [4.78, 5) is 8.88. The van der Waals surface area contributed by atoms with Crippen molar-refractivity contribution in [1.82, 2.24) is 9.97 Å². The maximum Gasteiger partial charge on any atom is 0.0373 e. The first kappa shape index (κ1) is 24.0. The van der Waals surface area contributed by atoms with Crippen molar-refractivity contribution < 1.29 is 0 Å². The summed E-state index contributed by atoms with van der Waals surface area (Å²) in [5, 5.41) is 5.01. The Bertz CT molecular complexity index is 1950. The fraction of sp³-hybridized carbons (Fsp3) is 0.0526. The average Bonchev–Trinajstić information content (AvgIpc) is 3.01. The Morgan fingerprint density at radius 1 is 0.450 bits per heavy atom. The standard InChI is InChI=1S/C38H28N2/c1-25-20-21-39-24-36(25)27-16-18-28(19-17-27)37-32-10-3-5-12-34(32)38(35-13-6-4-11-33(35)37)30-9-7-8-29(22-30)31-15-14-26(2)40-23-31/h3-24H,1-2H3. The van der Waals surface area contributed by atoms with E-state index in [-0.39, 0.29) is 0 Å². The molecular formula is C38H28N2. The van der Waals surface area contributed by atoms with Gasteiger partial charge in [0.1, 0.15) is 0 Å². The molecule has 2 aromatic heterocycles. The predicted octanol–water partition coefficient (Wildman–Crippen LogP) is 10.1. The highest BCUT2D eigenvalue weighted by Crippen LogP contribution is 2.44. The summed E-state index contributed by atoms with van der Waals surface area (Å²) < 4.78 is 0. The Morgan fingerprint density at radius 3 is 1.62 bits per heavy atom. The highest BCUT2D eigenvalue weighted by Gasteiger charge is 2.17. The van der Waals surface area contributed by atoms with Crippen LogP contribution < -0.4 is 0 Å². The highest BCUT2D eigenvalue weighted by atomic mass is 14.7. The van der Waals surface area contributed by atoms with Crippen molar-refractivity contribution in [3.63, 3.8) is 0 Å². The second-order valence-corrected chi connectivity index (χ2v) is 10.4. The van der Waals surface area contributed by atoms with Crippen LogP contribution in [0.4, 0.5) is 0 Å². The van der Waals surface area contributed by atoms with Crippen LogP contribution in [0.3, 0.4) is 0 Å². The number of nitrogens with zero attached hydrogens (tertiary/aromatic N) is 2. The zero-order valence-electron chi connectivity index (χ0n) is 22.6. The molecule has 0 bridgehead atoms. The van der Waals surface area contributed by atoms with Gasteiger partial charge in [0.05, 0.1) is 0 Å². The van der Waals surface area contributed by atoms with Gasteiger partial charge in [-0.15, -0.1) is 0 Å². The van der Waals surface area contributed by atoms with Crippen LogP contribution in [0.25, 0.3) is 66.1 Å². The second-order valence-electron chi connectivity index (χ2n) is 10.4. The molecule has 0 atom stereocenters. The van der Waals surface area contributed by atoms with Gasteiger partial charge >= 0.3 is 0 Å². The topological polar surface area (TPSA) is 25.8 Å². The van der Waals surface area contributed by atoms with E-state index < -0.39 is 0 Å². The molecule has 0 unspecified atom stereocenters. The lowest BCUT2D eigenvalue weighted by Crippen LogP contribution is -1.92. The summed E-state index contributed by atoms with van der Waals surface area (Å²) in [6.07, 6.45) is 5.76. The monoisotopic (exact) mass is 512 g/mol. The quantitative estimate of drug-likeness (QED) is 0.219. The molecule has 40 heavy (non-hydrogen) atoms. The molecule has 2 nitrogen and oxygen atoms in total. The van der Waals surface area contributed by atoms with Gasteiger partial charge in [0, 0.05) is 35.4 Å². The Kier molecular flexibility index (Phi) is 5.94. The number of aromatic nitrogens is 2. The molecule has 2 heteroatoms. The highest BCUT2D eigenvalue weighted by molar-refractivity contribution is 6.21. The molecule has 0 radical (unpaired) electrons. The number of pyridine rings is 2. The minimum Gasteiger partial charge on any atom is -0.264 e. The van der Waals surface area contributed by atoms with Crippen LogP contribution in [0.1, 0.15) is 11.3 Å². The molecule has 5 aromatic carbocycles. The fourth-order valence-electron chi connectivity index (χ4n) is 5.83. The van der Waals surface area contributed by atoms with Crippen molar-refractivity contribution in [2.24, 2.45) is 0 Å². The van der Waals surface area contributed by atoms with Gasteiger partial charge in [0.15, 0.2) is 0 Å². The molecule has 0 saturated carbocycles. The number of aryl methyl sites for hydroxylation is 2. The molecule has 7 rings (SSSR count). The molecule has 0 aliphatic carbocycles.